The predicted octanol–water partition coefficient (Wildman–Crippen LogP) is 5.27. The van der Waals surface area contributed by atoms with Crippen molar-refractivity contribution in [3.05, 3.63) is 77.6 Å². The first kappa shape index (κ1) is 32.0. The number of sulfonamides is 1. The van der Waals surface area contributed by atoms with Gasteiger partial charge in [0.15, 0.2) is 0 Å². The lowest BCUT2D eigenvalue weighted by atomic mass is 9.84. The number of anilines is 1. The minimum Gasteiger partial charge on any atom is -0.492 e. The molecule has 1 N–H and O–H groups in total. The summed E-state index contributed by atoms with van der Waals surface area (Å²) in [6.07, 6.45) is 3.47. The van der Waals surface area contributed by atoms with Crippen molar-refractivity contribution in [2.75, 3.05) is 37.7 Å². The molecule has 0 unspecified atom stereocenters. The maximum atomic E-state index is 13.8. The van der Waals surface area contributed by atoms with Gasteiger partial charge < -0.3 is 14.5 Å². The lowest BCUT2D eigenvalue weighted by molar-refractivity contribution is 0.0746. The summed E-state index contributed by atoms with van der Waals surface area (Å²) in [5, 5.41) is 0. The van der Waals surface area contributed by atoms with Crippen LogP contribution in [0.15, 0.2) is 60.9 Å². The van der Waals surface area contributed by atoms with Crippen molar-refractivity contribution >= 4 is 27.5 Å². The molecule has 2 heterocycles. The van der Waals surface area contributed by atoms with Gasteiger partial charge in [0.05, 0.1) is 17.6 Å². The van der Waals surface area contributed by atoms with Crippen LogP contribution in [0.1, 0.15) is 74.7 Å². The Balaban J connectivity index is 1.47. The second-order valence-corrected chi connectivity index (χ2v) is 15.2. The van der Waals surface area contributed by atoms with Gasteiger partial charge in [-0.2, -0.15) is 0 Å². The molecule has 0 saturated carbocycles. The molecular weight excluding hydrogens is 564 g/mol. The van der Waals surface area contributed by atoms with E-state index < -0.39 is 20.7 Å². The molecule has 43 heavy (non-hydrogen) atoms. The van der Waals surface area contributed by atoms with E-state index in [1.165, 1.54) is 20.8 Å². The van der Waals surface area contributed by atoms with Crippen LogP contribution < -0.4 is 14.4 Å². The first-order valence-electron chi connectivity index (χ1n) is 14.5. The van der Waals surface area contributed by atoms with Gasteiger partial charge in [0.2, 0.25) is 10.0 Å². The Morgan fingerprint density at radius 1 is 0.860 bits per heavy atom. The van der Waals surface area contributed by atoms with Crippen molar-refractivity contribution in [2.24, 2.45) is 0 Å². The zero-order chi connectivity index (χ0) is 31.6. The summed E-state index contributed by atoms with van der Waals surface area (Å²) in [6, 6.07) is 14.8. The Kier molecular flexibility index (Phi) is 9.20. The van der Waals surface area contributed by atoms with Gasteiger partial charge in [-0.25, -0.2) is 13.1 Å². The third-order valence-corrected chi connectivity index (χ3v) is 9.56. The highest BCUT2D eigenvalue weighted by atomic mass is 32.2. The SMILES string of the molecule is CCOc1cncc(-c2cc(C(=O)N3CCN(c4ccc(C(=O)NS(=O)(=O)C(C)(C)C)cc4)CC3)cc(C(C)(C)C)c2)c1. The summed E-state index contributed by atoms with van der Waals surface area (Å²) < 4.78 is 31.4. The number of pyridine rings is 1. The number of ether oxygens (including phenoxy) is 1. The summed E-state index contributed by atoms with van der Waals surface area (Å²) in [6.45, 7) is 15.8. The molecule has 4 rings (SSSR count). The molecule has 1 aliphatic rings. The minimum atomic E-state index is -3.80. The van der Waals surface area contributed by atoms with Crippen LogP contribution >= 0.6 is 0 Å². The van der Waals surface area contributed by atoms with Gasteiger partial charge in [-0.3, -0.25) is 14.6 Å². The molecule has 0 atom stereocenters. The predicted molar refractivity (Wildman–Crippen MR) is 170 cm³/mol. The molecule has 0 spiro atoms. The number of nitrogens with zero attached hydrogens (tertiary/aromatic N) is 3. The molecule has 2 aromatic carbocycles. The highest BCUT2D eigenvalue weighted by Crippen LogP contribution is 2.31. The second-order valence-electron chi connectivity index (χ2n) is 12.8. The highest BCUT2D eigenvalue weighted by Gasteiger charge is 2.31. The highest BCUT2D eigenvalue weighted by molar-refractivity contribution is 7.91. The first-order valence-corrected chi connectivity index (χ1v) is 16.0. The smallest absolute Gasteiger partial charge is 0.264 e. The van der Waals surface area contributed by atoms with Gasteiger partial charge in [0.1, 0.15) is 5.75 Å². The number of piperazine rings is 1. The molecule has 0 radical (unpaired) electrons. The molecule has 1 aliphatic heterocycles. The van der Waals surface area contributed by atoms with Gasteiger partial charge in [0, 0.05) is 54.8 Å². The van der Waals surface area contributed by atoms with Crippen molar-refractivity contribution in [3.8, 4) is 16.9 Å². The van der Waals surface area contributed by atoms with E-state index in [1.807, 2.05) is 30.0 Å². The summed E-state index contributed by atoms with van der Waals surface area (Å²) in [7, 11) is -3.80. The Labute approximate surface area is 255 Å². The van der Waals surface area contributed by atoms with E-state index in [1.54, 1.807) is 36.7 Å². The zero-order valence-corrected chi connectivity index (χ0v) is 26.9. The van der Waals surface area contributed by atoms with Crippen molar-refractivity contribution in [1.29, 1.82) is 0 Å². The Morgan fingerprint density at radius 3 is 2.09 bits per heavy atom. The standard InChI is InChI=1S/C33H42N4O5S/c1-8-42-29-20-26(21-34-22-29)24-17-25(19-27(18-24)32(2,3)4)31(39)37-15-13-36(14-16-37)28-11-9-23(10-12-28)30(38)35-43(40,41)33(5,6)7/h9-12,17-22H,8,13-16H2,1-7H3,(H,35,38). The molecule has 1 fully saturated rings. The van der Waals surface area contributed by atoms with Gasteiger partial charge in [-0.05, 0) is 86.7 Å². The van der Waals surface area contributed by atoms with Crippen LogP contribution in [0.4, 0.5) is 5.69 Å². The molecule has 0 bridgehead atoms. The summed E-state index contributed by atoms with van der Waals surface area (Å²) in [4.78, 5) is 34.7. The Morgan fingerprint density at radius 2 is 1.51 bits per heavy atom. The molecule has 0 aliphatic carbocycles. The van der Waals surface area contributed by atoms with Crippen molar-refractivity contribution in [3.63, 3.8) is 0 Å². The number of hydrogen-bond donors (Lipinski definition) is 1. The number of carbonyl (C=O) groups is 2. The van der Waals surface area contributed by atoms with Gasteiger partial charge in [-0.15, -0.1) is 0 Å². The quantitative estimate of drug-likeness (QED) is 0.391. The number of amides is 2. The van der Waals surface area contributed by atoms with Gasteiger partial charge >= 0.3 is 0 Å². The van der Waals surface area contributed by atoms with Crippen molar-refractivity contribution in [1.82, 2.24) is 14.6 Å². The van der Waals surface area contributed by atoms with Crippen LogP contribution in [0.2, 0.25) is 0 Å². The lowest BCUT2D eigenvalue weighted by Gasteiger charge is -2.36. The minimum absolute atomic E-state index is 0.0204. The number of aromatic nitrogens is 1. The van der Waals surface area contributed by atoms with E-state index in [0.29, 0.717) is 44.1 Å². The van der Waals surface area contributed by atoms with Gasteiger partial charge in [-0.1, -0.05) is 26.8 Å². The van der Waals surface area contributed by atoms with Crippen LogP contribution in [0.25, 0.3) is 11.1 Å². The van der Waals surface area contributed by atoms with E-state index in [9.17, 15) is 18.0 Å². The second kappa shape index (κ2) is 12.4. The molecule has 3 aromatic rings. The van der Waals surface area contributed by atoms with Crippen LogP contribution in [0.3, 0.4) is 0 Å². The lowest BCUT2D eigenvalue weighted by Crippen LogP contribution is -2.48. The topological polar surface area (TPSA) is 109 Å². The molecule has 1 saturated heterocycles. The van der Waals surface area contributed by atoms with Crippen molar-refractivity contribution in [2.45, 2.75) is 58.6 Å². The molecule has 230 valence electrons. The molecular formula is C33H42N4O5S. The van der Waals surface area contributed by atoms with E-state index >= 15 is 0 Å². The number of nitrogens with one attached hydrogen (secondary N) is 1. The number of carbonyl (C=O) groups excluding carboxylic acids is 2. The average Bonchev–Trinajstić information content (AvgIpc) is 2.96. The maximum Gasteiger partial charge on any atom is 0.264 e. The zero-order valence-electron chi connectivity index (χ0n) is 26.1. The van der Waals surface area contributed by atoms with E-state index in [0.717, 1.165) is 22.4 Å². The van der Waals surface area contributed by atoms with Gasteiger partial charge in [0.25, 0.3) is 11.8 Å². The van der Waals surface area contributed by atoms with E-state index in [4.69, 9.17) is 4.74 Å². The van der Waals surface area contributed by atoms with Crippen LogP contribution in [0, 0.1) is 0 Å². The molecule has 9 nitrogen and oxygen atoms in total. The number of hydrogen-bond acceptors (Lipinski definition) is 7. The fraction of sp³-hybridized carbons (Fsp3) is 0.424. The third kappa shape index (κ3) is 7.54. The summed E-state index contributed by atoms with van der Waals surface area (Å²) in [5.41, 5.74) is 4.52. The number of rotatable bonds is 7. The Hall–Kier alpha value is -3.92. The largest absolute Gasteiger partial charge is 0.492 e. The first-order chi connectivity index (χ1) is 20.1. The third-order valence-electron chi connectivity index (χ3n) is 7.50. The fourth-order valence-electron chi connectivity index (χ4n) is 4.68. The summed E-state index contributed by atoms with van der Waals surface area (Å²) in [5.74, 6) is 0.0101. The van der Waals surface area contributed by atoms with Crippen LogP contribution in [-0.4, -0.2) is 67.6 Å². The van der Waals surface area contributed by atoms with Crippen molar-refractivity contribution < 1.29 is 22.7 Å². The average molecular weight is 607 g/mol. The maximum absolute atomic E-state index is 13.8. The van der Waals surface area contributed by atoms with E-state index in [-0.39, 0.29) is 16.9 Å². The summed E-state index contributed by atoms with van der Waals surface area (Å²) >= 11 is 0. The molecule has 1 aromatic heterocycles. The van der Waals surface area contributed by atoms with E-state index in [2.05, 4.69) is 41.4 Å². The molecule has 10 heteroatoms. The monoisotopic (exact) mass is 606 g/mol. The normalized spacial score (nSPS) is 14.4. The Bertz CT molecular complexity index is 1580. The van der Waals surface area contributed by atoms with Crippen LogP contribution in [0.5, 0.6) is 5.75 Å². The fourth-order valence-corrected chi connectivity index (χ4v) is 5.35. The molecule has 2 amide bonds. The number of benzene rings is 2. The van der Waals surface area contributed by atoms with Crippen LogP contribution in [-0.2, 0) is 15.4 Å².